The van der Waals surface area contributed by atoms with Crippen LogP contribution in [0.1, 0.15) is 25.2 Å². The molecule has 0 radical (unpaired) electrons. The van der Waals surface area contributed by atoms with Gasteiger partial charge in [-0.25, -0.2) is 8.42 Å². The zero-order valence-corrected chi connectivity index (χ0v) is 16.6. The molecule has 1 amide bonds. The Labute approximate surface area is 168 Å². The number of hydrogen-bond donors (Lipinski definition) is 1. The van der Waals surface area contributed by atoms with Gasteiger partial charge in [0.2, 0.25) is 27.6 Å². The van der Waals surface area contributed by atoms with Crippen LogP contribution in [0.4, 0.5) is 11.4 Å². The van der Waals surface area contributed by atoms with Crippen molar-refractivity contribution in [3.05, 3.63) is 60.5 Å². The predicted molar refractivity (Wildman–Crippen MR) is 109 cm³/mol. The first-order valence-electron chi connectivity index (χ1n) is 9.25. The number of carbonyl (C=O) groups is 1. The summed E-state index contributed by atoms with van der Waals surface area (Å²) in [5.74, 6) is 0.675. The van der Waals surface area contributed by atoms with Gasteiger partial charge in [-0.05, 0) is 43.3 Å². The van der Waals surface area contributed by atoms with Gasteiger partial charge in [0.05, 0.1) is 11.7 Å². The fourth-order valence-corrected chi connectivity index (χ4v) is 3.83. The van der Waals surface area contributed by atoms with Gasteiger partial charge in [-0.15, -0.1) is 0 Å². The Hall–Kier alpha value is -3.20. The van der Waals surface area contributed by atoms with Crippen LogP contribution in [-0.4, -0.2) is 36.8 Å². The quantitative estimate of drug-likeness (QED) is 0.667. The van der Waals surface area contributed by atoms with E-state index in [2.05, 4.69) is 14.9 Å². The van der Waals surface area contributed by atoms with Crippen LogP contribution in [0.2, 0.25) is 0 Å². The molecule has 1 aromatic heterocycles. The lowest BCUT2D eigenvalue weighted by Crippen LogP contribution is -2.24. The van der Waals surface area contributed by atoms with Crippen molar-refractivity contribution in [2.24, 2.45) is 0 Å². The first-order valence-corrected chi connectivity index (χ1v) is 10.9. The molecule has 1 N–H and O–H groups in total. The van der Waals surface area contributed by atoms with Crippen molar-refractivity contribution in [1.29, 1.82) is 0 Å². The molecular weight excluding hydrogens is 392 g/mol. The van der Waals surface area contributed by atoms with Crippen molar-refractivity contribution in [2.75, 3.05) is 21.9 Å². The molecule has 0 saturated carbocycles. The maximum atomic E-state index is 12.4. The van der Waals surface area contributed by atoms with Crippen molar-refractivity contribution < 1.29 is 17.7 Å². The maximum absolute atomic E-state index is 12.4. The lowest BCUT2D eigenvalue weighted by atomic mass is 10.1. The molecule has 3 aromatic rings. The zero-order valence-electron chi connectivity index (χ0n) is 15.8. The Bertz CT molecular complexity index is 1110. The number of para-hydroxylation sites is 1. The summed E-state index contributed by atoms with van der Waals surface area (Å²) in [6.07, 6.45) is 0.314. The van der Waals surface area contributed by atoms with Gasteiger partial charge < -0.3 is 9.42 Å². The number of anilines is 2. The minimum atomic E-state index is -3.33. The van der Waals surface area contributed by atoms with E-state index < -0.39 is 10.0 Å². The van der Waals surface area contributed by atoms with E-state index in [1.165, 1.54) is 0 Å². The van der Waals surface area contributed by atoms with Crippen molar-refractivity contribution in [1.82, 2.24) is 10.1 Å². The number of amides is 1. The van der Waals surface area contributed by atoms with Crippen LogP contribution in [-0.2, 0) is 14.8 Å². The Kier molecular flexibility index (Phi) is 5.06. The van der Waals surface area contributed by atoms with Crippen LogP contribution in [0.25, 0.3) is 11.4 Å². The van der Waals surface area contributed by atoms with E-state index in [0.717, 1.165) is 5.69 Å². The van der Waals surface area contributed by atoms with Gasteiger partial charge in [0.25, 0.3) is 0 Å². The predicted octanol–water partition coefficient (Wildman–Crippen LogP) is 3.02. The van der Waals surface area contributed by atoms with Crippen LogP contribution in [0.15, 0.2) is 59.1 Å². The third-order valence-electron chi connectivity index (χ3n) is 4.78. The van der Waals surface area contributed by atoms with Gasteiger partial charge in [-0.1, -0.05) is 23.4 Å². The Morgan fingerprint density at radius 1 is 1.14 bits per heavy atom. The summed E-state index contributed by atoms with van der Waals surface area (Å²) in [6.45, 7) is 2.06. The fraction of sp³-hybridized carbons (Fsp3) is 0.250. The molecule has 1 atom stereocenters. The molecule has 1 saturated heterocycles. The van der Waals surface area contributed by atoms with Crippen molar-refractivity contribution in [2.45, 2.75) is 19.3 Å². The van der Waals surface area contributed by atoms with E-state index in [9.17, 15) is 13.2 Å². The molecule has 1 fully saturated rings. The molecule has 1 aliphatic heterocycles. The van der Waals surface area contributed by atoms with E-state index in [4.69, 9.17) is 4.52 Å². The number of hydrogen-bond acceptors (Lipinski definition) is 6. The molecule has 150 valence electrons. The van der Waals surface area contributed by atoms with Gasteiger partial charge in [-0.2, -0.15) is 4.98 Å². The summed E-state index contributed by atoms with van der Waals surface area (Å²) < 4.78 is 31.2. The number of carbonyl (C=O) groups excluding carboxylic acids is 1. The SMILES string of the molecule is CCS(=O)(=O)Nc1ccc(-c2noc([C@H]3CC(=O)N(c4ccccc4)C3)n2)cc1. The Morgan fingerprint density at radius 2 is 1.86 bits per heavy atom. The van der Waals surface area contributed by atoms with Gasteiger partial charge in [0.1, 0.15) is 0 Å². The number of aromatic nitrogens is 2. The monoisotopic (exact) mass is 412 g/mol. The number of nitrogens with one attached hydrogen (secondary N) is 1. The summed E-state index contributed by atoms with van der Waals surface area (Å²) in [5.41, 5.74) is 2.02. The third kappa shape index (κ3) is 4.14. The lowest BCUT2D eigenvalue weighted by Gasteiger charge is -2.15. The van der Waals surface area contributed by atoms with Gasteiger partial charge in [-0.3, -0.25) is 9.52 Å². The highest BCUT2D eigenvalue weighted by Crippen LogP contribution is 2.32. The second kappa shape index (κ2) is 7.67. The van der Waals surface area contributed by atoms with Crippen molar-refractivity contribution >= 4 is 27.3 Å². The zero-order chi connectivity index (χ0) is 20.4. The summed E-state index contributed by atoms with van der Waals surface area (Å²) >= 11 is 0. The molecule has 1 aliphatic rings. The molecule has 0 unspecified atom stereocenters. The maximum Gasteiger partial charge on any atom is 0.232 e. The molecule has 4 rings (SSSR count). The van der Waals surface area contributed by atoms with Crippen LogP contribution < -0.4 is 9.62 Å². The third-order valence-corrected chi connectivity index (χ3v) is 6.09. The van der Waals surface area contributed by atoms with Crippen LogP contribution in [0, 0.1) is 0 Å². The number of nitrogens with zero attached hydrogens (tertiary/aromatic N) is 3. The Morgan fingerprint density at radius 3 is 2.55 bits per heavy atom. The molecule has 9 heteroatoms. The summed E-state index contributed by atoms with van der Waals surface area (Å²) in [7, 11) is -3.33. The summed E-state index contributed by atoms with van der Waals surface area (Å²) in [6, 6.07) is 16.2. The largest absolute Gasteiger partial charge is 0.339 e. The topological polar surface area (TPSA) is 105 Å². The average Bonchev–Trinajstić information content (AvgIpc) is 3.36. The number of benzene rings is 2. The fourth-order valence-electron chi connectivity index (χ4n) is 3.19. The molecule has 0 spiro atoms. The molecule has 0 bridgehead atoms. The molecular formula is C20H20N4O4S. The Balaban J connectivity index is 1.48. The van der Waals surface area contributed by atoms with E-state index >= 15 is 0 Å². The van der Waals surface area contributed by atoms with Crippen LogP contribution >= 0.6 is 0 Å². The standard InChI is InChI=1S/C20H20N4O4S/c1-2-29(26,27)23-16-10-8-14(9-11-16)19-21-20(28-22-19)15-12-18(25)24(13-15)17-6-4-3-5-7-17/h3-11,15,23H,2,12-13H2,1H3/t15-/m0/s1. The van der Waals surface area contributed by atoms with Gasteiger partial charge in [0, 0.05) is 29.9 Å². The van der Waals surface area contributed by atoms with E-state index in [1.54, 1.807) is 36.1 Å². The highest BCUT2D eigenvalue weighted by molar-refractivity contribution is 7.92. The molecule has 0 aliphatic carbocycles. The first-order chi connectivity index (χ1) is 13.9. The normalized spacial score (nSPS) is 16.9. The van der Waals surface area contributed by atoms with Crippen LogP contribution in [0.3, 0.4) is 0 Å². The van der Waals surface area contributed by atoms with E-state index in [-0.39, 0.29) is 17.6 Å². The molecule has 29 heavy (non-hydrogen) atoms. The molecule has 8 nitrogen and oxygen atoms in total. The van der Waals surface area contributed by atoms with Gasteiger partial charge in [0.15, 0.2) is 0 Å². The minimum Gasteiger partial charge on any atom is -0.339 e. The number of rotatable bonds is 6. The molecule has 2 heterocycles. The summed E-state index contributed by atoms with van der Waals surface area (Å²) in [4.78, 5) is 18.6. The van der Waals surface area contributed by atoms with Crippen LogP contribution in [0.5, 0.6) is 0 Å². The molecule has 2 aromatic carbocycles. The van der Waals surface area contributed by atoms with E-state index in [1.807, 2.05) is 30.3 Å². The second-order valence-electron chi connectivity index (χ2n) is 6.78. The van der Waals surface area contributed by atoms with Gasteiger partial charge >= 0.3 is 0 Å². The first kappa shape index (κ1) is 19.1. The smallest absolute Gasteiger partial charge is 0.232 e. The lowest BCUT2D eigenvalue weighted by molar-refractivity contribution is -0.117. The average molecular weight is 412 g/mol. The summed E-state index contributed by atoms with van der Waals surface area (Å²) in [5, 5.41) is 4.02. The number of sulfonamides is 1. The van der Waals surface area contributed by atoms with E-state index in [0.29, 0.717) is 35.9 Å². The highest BCUT2D eigenvalue weighted by Gasteiger charge is 2.35. The highest BCUT2D eigenvalue weighted by atomic mass is 32.2. The second-order valence-corrected chi connectivity index (χ2v) is 8.79. The minimum absolute atomic E-state index is 0.00304. The van der Waals surface area contributed by atoms with Crippen molar-refractivity contribution in [3.8, 4) is 11.4 Å². The van der Waals surface area contributed by atoms with Crippen molar-refractivity contribution in [3.63, 3.8) is 0 Å².